The second-order valence-corrected chi connectivity index (χ2v) is 7.11. The van der Waals surface area contributed by atoms with Gasteiger partial charge < -0.3 is 15.4 Å². The van der Waals surface area contributed by atoms with Gasteiger partial charge in [-0.1, -0.05) is 0 Å². The van der Waals surface area contributed by atoms with Crippen molar-refractivity contribution >= 4 is 17.7 Å². The third-order valence-corrected chi connectivity index (χ3v) is 4.95. The van der Waals surface area contributed by atoms with Crippen LogP contribution in [0.4, 0.5) is 0 Å². The molecule has 1 aliphatic heterocycles. The quantitative estimate of drug-likeness (QED) is 0.390. The zero-order valence-corrected chi connectivity index (χ0v) is 14.2. The van der Waals surface area contributed by atoms with Gasteiger partial charge in [0, 0.05) is 31.1 Å². The van der Waals surface area contributed by atoms with Gasteiger partial charge in [-0.2, -0.15) is 11.8 Å². The molecule has 1 fully saturated rings. The Kier molecular flexibility index (Phi) is 9.10. The molecule has 0 aromatic carbocycles. The van der Waals surface area contributed by atoms with E-state index in [-0.39, 0.29) is 0 Å². The largest absolute Gasteiger partial charge is 0.382 e. The predicted molar refractivity (Wildman–Crippen MR) is 89.8 cm³/mol. The second kappa shape index (κ2) is 10.3. The molecule has 1 heterocycles. The summed E-state index contributed by atoms with van der Waals surface area (Å²) < 4.78 is 5.68. The summed E-state index contributed by atoms with van der Waals surface area (Å²) in [5.74, 6) is 2.24. The third kappa shape index (κ3) is 7.39. The SMILES string of the molecule is CCNC(=NCC1(C)CCCS1)NCCCCOCC. The maximum Gasteiger partial charge on any atom is 0.191 e. The van der Waals surface area contributed by atoms with Gasteiger partial charge >= 0.3 is 0 Å². The Morgan fingerprint density at radius 3 is 2.80 bits per heavy atom. The van der Waals surface area contributed by atoms with Gasteiger partial charge in [-0.25, -0.2) is 0 Å². The summed E-state index contributed by atoms with van der Waals surface area (Å²) in [5.41, 5.74) is 0. The number of hydrogen-bond donors (Lipinski definition) is 2. The first-order valence-corrected chi connectivity index (χ1v) is 8.92. The number of aliphatic imine (C=N–C) groups is 1. The van der Waals surface area contributed by atoms with E-state index in [1.807, 2.05) is 6.92 Å². The highest BCUT2D eigenvalue weighted by molar-refractivity contribution is 8.00. The molecule has 0 bridgehead atoms. The van der Waals surface area contributed by atoms with Crippen molar-refractivity contribution in [3.05, 3.63) is 0 Å². The Labute approximate surface area is 128 Å². The van der Waals surface area contributed by atoms with E-state index < -0.39 is 0 Å². The van der Waals surface area contributed by atoms with Crippen molar-refractivity contribution in [2.75, 3.05) is 38.6 Å². The minimum atomic E-state index is 0.345. The van der Waals surface area contributed by atoms with E-state index in [2.05, 4.69) is 36.2 Å². The van der Waals surface area contributed by atoms with Crippen LogP contribution in [0.15, 0.2) is 4.99 Å². The standard InChI is InChI=1S/C15H31N3OS/c1-4-16-14(17-10-6-7-11-19-5-2)18-13-15(3)9-8-12-20-15/h4-13H2,1-3H3,(H2,16,17,18). The van der Waals surface area contributed by atoms with Crippen molar-refractivity contribution in [2.24, 2.45) is 4.99 Å². The molecule has 0 spiro atoms. The fourth-order valence-electron chi connectivity index (χ4n) is 2.23. The lowest BCUT2D eigenvalue weighted by molar-refractivity contribution is 0.143. The minimum Gasteiger partial charge on any atom is -0.382 e. The molecular weight excluding hydrogens is 270 g/mol. The molecule has 0 aromatic heterocycles. The Balaban J connectivity index is 2.24. The number of thioether (sulfide) groups is 1. The highest BCUT2D eigenvalue weighted by Gasteiger charge is 2.29. The first-order chi connectivity index (χ1) is 9.70. The smallest absolute Gasteiger partial charge is 0.191 e. The molecule has 0 aliphatic carbocycles. The van der Waals surface area contributed by atoms with Crippen LogP contribution in [0.5, 0.6) is 0 Å². The van der Waals surface area contributed by atoms with E-state index in [4.69, 9.17) is 9.73 Å². The number of hydrogen-bond acceptors (Lipinski definition) is 3. The van der Waals surface area contributed by atoms with E-state index >= 15 is 0 Å². The van der Waals surface area contributed by atoms with E-state index in [9.17, 15) is 0 Å². The van der Waals surface area contributed by atoms with E-state index in [1.165, 1.54) is 18.6 Å². The van der Waals surface area contributed by atoms with Crippen LogP contribution in [-0.2, 0) is 4.74 Å². The van der Waals surface area contributed by atoms with Gasteiger partial charge in [-0.3, -0.25) is 4.99 Å². The van der Waals surface area contributed by atoms with Crippen molar-refractivity contribution in [1.29, 1.82) is 0 Å². The molecule has 2 N–H and O–H groups in total. The normalized spacial score (nSPS) is 23.1. The summed E-state index contributed by atoms with van der Waals surface area (Å²) in [7, 11) is 0. The van der Waals surface area contributed by atoms with Gasteiger partial charge in [0.05, 0.1) is 6.54 Å². The molecule has 0 amide bonds. The van der Waals surface area contributed by atoms with Crippen LogP contribution in [-0.4, -0.2) is 49.3 Å². The molecule has 1 saturated heterocycles. The summed E-state index contributed by atoms with van der Waals surface area (Å²) in [6, 6.07) is 0. The molecule has 0 radical (unpaired) electrons. The molecule has 0 saturated carbocycles. The number of guanidine groups is 1. The first-order valence-electron chi connectivity index (χ1n) is 7.94. The molecule has 1 atom stereocenters. The van der Waals surface area contributed by atoms with Crippen molar-refractivity contribution in [2.45, 2.75) is 51.2 Å². The molecule has 4 nitrogen and oxygen atoms in total. The van der Waals surface area contributed by atoms with Gasteiger partial charge in [0.1, 0.15) is 0 Å². The average Bonchev–Trinajstić information content (AvgIpc) is 2.87. The van der Waals surface area contributed by atoms with Crippen LogP contribution in [0.1, 0.15) is 46.5 Å². The van der Waals surface area contributed by atoms with Crippen LogP contribution in [0.25, 0.3) is 0 Å². The van der Waals surface area contributed by atoms with Crippen LogP contribution in [0, 0.1) is 0 Å². The topological polar surface area (TPSA) is 45.7 Å². The van der Waals surface area contributed by atoms with Gasteiger partial charge in [0.2, 0.25) is 0 Å². The summed E-state index contributed by atoms with van der Waals surface area (Å²) in [4.78, 5) is 4.74. The monoisotopic (exact) mass is 301 g/mol. The zero-order chi connectivity index (χ0) is 14.7. The summed E-state index contributed by atoms with van der Waals surface area (Å²) in [5, 5.41) is 6.74. The van der Waals surface area contributed by atoms with Crippen molar-refractivity contribution in [3.8, 4) is 0 Å². The van der Waals surface area contributed by atoms with E-state index in [0.717, 1.165) is 51.6 Å². The Bertz CT molecular complexity index is 278. The van der Waals surface area contributed by atoms with Crippen molar-refractivity contribution in [1.82, 2.24) is 10.6 Å². The lowest BCUT2D eigenvalue weighted by Gasteiger charge is -2.21. The van der Waals surface area contributed by atoms with Crippen LogP contribution in [0.3, 0.4) is 0 Å². The number of unbranched alkanes of at least 4 members (excludes halogenated alkanes) is 1. The first kappa shape index (κ1) is 17.6. The van der Waals surface area contributed by atoms with Gasteiger partial charge in [0.15, 0.2) is 5.96 Å². The molecule has 5 heteroatoms. The van der Waals surface area contributed by atoms with Crippen molar-refractivity contribution in [3.63, 3.8) is 0 Å². The van der Waals surface area contributed by atoms with Gasteiger partial charge in [-0.05, 0) is 52.2 Å². The van der Waals surface area contributed by atoms with Crippen molar-refractivity contribution < 1.29 is 4.74 Å². The summed E-state index contributed by atoms with van der Waals surface area (Å²) in [6.07, 6.45) is 4.84. The highest BCUT2D eigenvalue weighted by Crippen LogP contribution is 2.37. The third-order valence-electron chi connectivity index (χ3n) is 3.43. The molecular formula is C15H31N3OS. The fraction of sp³-hybridized carbons (Fsp3) is 0.933. The van der Waals surface area contributed by atoms with Crippen LogP contribution >= 0.6 is 11.8 Å². The molecule has 118 valence electrons. The Hall–Kier alpha value is -0.420. The van der Waals surface area contributed by atoms with Crippen LogP contribution < -0.4 is 10.6 Å². The van der Waals surface area contributed by atoms with Gasteiger partial charge in [-0.15, -0.1) is 0 Å². The average molecular weight is 302 g/mol. The summed E-state index contributed by atoms with van der Waals surface area (Å²) in [6.45, 7) is 10.9. The lowest BCUT2D eigenvalue weighted by atomic mass is 10.1. The van der Waals surface area contributed by atoms with Gasteiger partial charge in [0.25, 0.3) is 0 Å². The molecule has 1 aliphatic rings. The van der Waals surface area contributed by atoms with E-state index in [0.29, 0.717) is 4.75 Å². The Morgan fingerprint density at radius 1 is 1.30 bits per heavy atom. The number of ether oxygens (including phenoxy) is 1. The lowest BCUT2D eigenvalue weighted by Crippen LogP contribution is -2.39. The molecule has 1 unspecified atom stereocenters. The Morgan fingerprint density at radius 2 is 2.15 bits per heavy atom. The second-order valence-electron chi connectivity index (χ2n) is 5.43. The minimum absolute atomic E-state index is 0.345. The number of rotatable bonds is 9. The van der Waals surface area contributed by atoms with Crippen LogP contribution in [0.2, 0.25) is 0 Å². The fourth-order valence-corrected chi connectivity index (χ4v) is 3.46. The maximum atomic E-state index is 5.34. The van der Waals surface area contributed by atoms with E-state index in [1.54, 1.807) is 0 Å². The zero-order valence-electron chi connectivity index (χ0n) is 13.3. The number of nitrogens with zero attached hydrogens (tertiary/aromatic N) is 1. The predicted octanol–water partition coefficient (Wildman–Crippen LogP) is 2.64. The molecule has 1 rings (SSSR count). The maximum absolute atomic E-state index is 5.34. The summed E-state index contributed by atoms with van der Waals surface area (Å²) >= 11 is 2.06. The molecule has 20 heavy (non-hydrogen) atoms. The highest BCUT2D eigenvalue weighted by atomic mass is 32.2. The number of nitrogens with one attached hydrogen (secondary N) is 2. The molecule has 0 aromatic rings.